The van der Waals surface area contributed by atoms with Gasteiger partial charge in [-0.25, -0.2) is 9.18 Å². The predicted molar refractivity (Wildman–Crippen MR) is 100 cm³/mol. The highest BCUT2D eigenvalue weighted by molar-refractivity contribution is 6.33. The van der Waals surface area contributed by atoms with E-state index >= 15 is 0 Å². The van der Waals surface area contributed by atoms with Gasteiger partial charge in [-0.05, 0) is 42.6 Å². The molecule has 3 aromatic rings. The van der Waals surface area contributed by atoms with E-state index in [2.05, 4.69) is 15.0 Å². The third-order valence-electron chi connectivity index (χ3n) is 4.06. The van der Waals surface area contributed by atoms with E-state index in [4.69, 9.17) is 11.6 Å². The minimum Gasteiger partial charge on any atom is -0.467 e. The zero-order valence-corrected chi connectivity index (χ0v) is 14.9. The number of fused-ring (bicyclic) bond motifs is 1. The topological polar surface area (TPSA) is 71.2 Å². The van der Waals surface area contributed by atoms with Crippen molar-refractivity contribution < 1.29 is 13.9 Å². The molecule has 1 aromatic heterocycles. The summed E-state index contributed by atoms with van der Waals surface area (Å²) in [5.74, 6) is -0.846. The van der Waals surface area contributed by atoms with Crippen LogP contribution in [0.5, 0.6) is 0 Å². The molecule has 0 aliphatic carbocycles. The van der Waals surface area contributed by atoms with Gasteiger partial charge in [0.05, 0.1) is 12.1 Å². The van der Waals surface area contributed by atoms with E-state index in [-0.39, 0.29) is 10.6 Å². The summed E-state index contributed by atoms with van der Waals surface area (Å²) in [5, 5.41) is 4.32. The van der Waals surface area contributed by atoms with Gasteiger partial charge < -0.3 is 15.0 Å². The minimum absolute atomic E-state index is 0.250. The van der Waals surface area contributed by atoms with Gasteiger partial charge in [0.1, 0.15) is 11.9 Å². The molecule has 1 atom stereocenters. The molecule has 5 nitrogen and oxygen atoms in total. The highest BCUT2D eigenvalue weighted by atomic mass is 35.5. The number of carbonyl (C=O) groups excluding carboxylic acids is 1. The van der Waals surface area contributed by atoms with Gasteiger partial charge in [-0.1, -0.05) is 17.7 Å². The SMILES string of the molecule is COC(=O)C(C)Nc1ccc2c(-c3ccc(F)cc3Cl)c[nH]c(=O)c2c1. The standard InChI is InChI=1S/C19H16ClFN2O3/c1-10(19(25)26-2)23-12-4-6-13-15(8-12)18(24)22-9-16(13)14-5-3-11(21)7-17(14)20/h3-10,23H,1-2H3,(H,22,24). The number of ether oxygens (including phenoxy) is 1. The monoisotopic (exact) mass is 374 g/mol. The smallest absolute Gasteiger partial charge is 0.327 e. The van der Waals surface area contributed by atoms with Crippen LogP contribution in [0.1, 0.15) is 6.92 Å². The summed E-state index contributed by atoms with van der Waals surface area (Å²) in [4.78, 5) is 26.5. The lowest BCUT2D eigenvalue weighted by Gasteiger charge is -2.14. The zero-order valence-electron chi connectivity index (χ0n) is 14.1. The Balaban J connectivity index is 2.10. The van der Waals surface area contributed by atoms with Crippen molar-refractivity contribution in [2.45, 2.75) is 13.0 Å². The second kappa shape index (κ2) is 7.17. The molecule has 0 saturated carbocycles. The summed E-state index contributed by atoms with van der Waals surface area (Å²) >= 11 is 6.16. The molecular formula is C19H16ClFN2O3. The number of methoxy groups -OCH3 is 1. The molecule has 0 fully saturated rings. The number of esters is 1. The number of hydrogen-bond donors (Lipinski definition) is 2. The Kier molecular flexibility index (Phi) is 4.95. The van der Waals surface area contributed by atoms with Crippen molar-refractivity contribution in [2.24, 2.45) is 0 Å². The third-order valence-corrected chi connectivity index (χ3v) is 4.37. The lowest BCUT2D eigenvalue weighted by Crippen LogP contribution is -2.27. The fraction of sp³-hybridized carbons (Fsp3) is 0.158. The van der Waals surface area contributed by atoms with Crippen LogP contribution in [0, 0.1) is 5.82 Å². The third kappa shape index (κ3) is 3.41. The van der Waals surface area contributed by atoms with Gasteiger partial charge in [0.25, 0.3) is 5.56 Å². The van der Waals surface area contributed by atoms with Crippen molar-refractivity contribution in [1.82, 2.24) is 4.98 Å². The molecule has 0 bridgehead atoms. The number of rotatable bonds is 4. The second-order valence-corrected chi connectivity index (χ2v) is 6.21. The van der Waals surface area contributed by atoms with Crippen LogP contribution < -0.4 is 10.9 Å². The van der Waals surface area contributed by atoms with Crippen molar-refractivity contribution >= 4 is 34.0 Å². The Hall–Kier alpha value is -2.86. The van der Waals surface area contributed by atoms with E-state index in [1.807, 2.05) is 0 Å². The molecule has 0 aliphatic rings. The van der Waals surface area contributed by atoms with Crippen LogP contribution in [0.2, 0.25) is 5.02 Å². The molecule has 26 heavy (non-hydrogen) atoms. The molecule has 3 rings (SSSR count). The normalized spacial score (nSPS) is 12.0. The summed E-state index contributed by atoms with van der Waals surface area (Å²) in [6, 6.07) is 8.69. The number of halogens is 2. The Morgan fingerprint density at radius 1 is 1.19 bits per heavy atom. The van der Waals surface area contributed by atoms with E-state index in [9.17, 15) is 14.0 Å². The zero-order chi connectivity index (χ0) is 18.8. The van der Waals surface area contributed by atoms with Crippen molar-refractivity contribution in [2.75, 3.05) is 12.4 Å². The number of H-pyrrole nitrogens is 1. The molecule has 2 aromatic carbocycles. The average Bonchev–Trinajstić information content (AvgIpc) is 2.62. The molecule has 1 heterocycles. The fourth-order valence-electron chi connectivity index (χ4n) is 2.77. The second-order valence-electron chi connectivity index (χ2n) is 5.81. The molecule has 0 radical (unpaired) electrons. The lowest BCUT2D eigenvalue weighted by atomic mass is 10.00. The first-order valence-corrected chi connectivity index (χ1v) is 8.23. The molecule has 0 saturated heterocycles. The van der Waals surface area contributed by atoms with Gasteiger partial charge in [-0.2, -0.15) is 0 Å². The predicted octanol–water partition coefficient (Wildman–Crippen LogP) is 3.96. The van der Waals surface area contributed by atoms with Crippen LogP contribution in [0.3, 0.4) is 0 Å². The number of benzene rings is 2. The number of pyridine rings is 1. The summed E-state index contributed by atoms with van der Waals surface area (Å²) in [6.45, 7) is 1.66. The van der Waals surface area contributed by atoms with E-state index in [1.54, 1.807) is 37.4 Å². The molecular weight excluding hydrogens is 359 g/mol. The number of nitrogens with one attached hydrogen (secondary N) is 2. The van der Waals surface area contributed by atoms with E-state index in [0.29, 0.717) is 27.6 Å². The Morgan fingerprint density at radius 3 is 2.65 bits per heavy atom. The molecule has 2 N–H and O–H groups in total. The summed E-state index contributed by atoms with van der Waals surface area (Å²) in [6.07, 6.45) is 1.55. The Labute approximate surface area is 153 Å². The lowest BCUT2D eigenvalue weighted by molar-refractivity contribution is -0.141. The van der Waals surface area contributed by atoms with Crippen LogP contribution in [-0.4, -0.2) is 24.1 Å². The molecule has 1 unspecified atom stereocenters. The maximum absolute atomic E-state index is 13.3. The number of aromatic amines is 1. The first-order chi connectivity index (χ1) is 12.4. The molecule has 7 heteroatoms. The van der Waals surface area contributed by atoms with Gasteiger partial charge in [-0.3, -0.25) is 4.79 Å². The van der Waals surface area contributed by atoms with Crippen molar-refractivity contribution in [1.29, 1.82) is 0 Å². The molecule has 0 aliphatic heterocycles. The number of hydrogen-bond acceptors (Lipinski definition) is 4. The quantitative estimate of drug-likeness (QED) is 0.678. The first kappa shape index (κ1) is 17.9. The van der Waals surface area contributed by atoms with Crippen LogP contribution in [0.4, 0.5) is 10.1 Å². The van der Waals surface area contributed by atoms with Crippen LogP contribution in [-0.2, 0) is 9.53 Å². The van der Waals surface area contributed by atoms with Gasteiger partial charge >= 0.3 is 5.97 Å². The molecule has 134 valence electrons. The number of anilines is 1. The largest absolute Gasteiger partial charge is 0.467 e. The van der Waals surface area contributed by atoms with E-state index < -0.39 is 17.8 Å². The van der Waals surface area contributed by atoms with Crippen molar-refractivity contribution in [3.63, 3.8) is 0 Å². The number of aromatic nitrogens is 1. The molecule has 0 amide bonds. The summed E-state index contributed by atoms with van der Waals surface area (Å²) in [7, 11) is 1.31. The average molecular weight is 375 g/mol. The Bertz CT molecular complexity index is 1050. The van der Waals surface area contributed by atoms with Crippen LogP contribution >= 0.6 is 11.6 Å². The molecule has 0 spiro atoms. The van der Waals surface area contributed by atoms with Gasteiger partial charge in [0.15, 0.2) is 0 Å². The maximum Gasteiger partial charge on any atom is 0.327 e. The number of carbonyl (C=O) groups is 1. The highest BCUT2D eigenvalue weighted by Gasteiger charge is 2.15. The van der Waals surface area contributed by atoms with Gasteiger partial charge in [-0.15, -0.1) is 0 Å². The summed E-state index contributed by atoms with van der Waals surface area (Å²) in [5.41, 5.74) is 1.61. The van der Waals surface area contributed by atoms with Crippen molar-refractivity contribution in [3.8, 4) is 11.1 Å². The summed E-state index contributed by atoms with van der Waals surface area (Å²) < 4.78 is 18.0. The van der Waals surface area contributed by atoms with Crippen molar-refractivity contribution in [3.05, 3.63) is 63.8 Å². The van der Waals surface area contributed by atoms with Gasteiger partial charge in [0.2, 0.25) is 0 Å². The first-order valence-electron chi connectivity index (χ1n) is 7.86. The minimum atomic E-state index is -0.564. The van der Waals surface area contributed by atoms with E-state index in [0.717, 1.165) is 0 Å². The van der Waals surface area contributed by atoms with Crippen LogP contribution in [0.25, 0.3) is 21.9 Å². The maximum atomic E-state index is 13.3. The fourth-order valence-corrected chi connectivity index (χ4v) is 3.04. The highest BCUT2D eigenvalue weighted by Crippen LogP contribution is 2.33. The Morgan fingerprint density at radius 2 is 1.96 bits per heavy atom. The van der Waals surface area contributed by atoms with E-state index in [1.165, 1.54) is 19.2 Å². The van der Waals surface area contributed by atoms with Gasteiger partial charge in [0, 0.05) is 28.4 Å². The van der Waals surface area contributed by atoms with Crippen LogP contribution in [0.15, 0.2) is 47.4 Å².